The van der Waals surface area contributed by atoms with Gasteiger partial charge in [-0.25, -0.2) is 4.68 Å². The minimum absolute atomic E-state index is 0.257. The zero-order valence-corrected chi connectivity index (χ0v) is 11.6. The zero-order valence-electron chi connectivity index (χ0n) is 11.6. The summed E-state index contributed by atoms with van der Waals surface area (Å²) in [7, 11) is 0. The lowest BCUT2D eigenvalue weighted by Gasteiger charge is -2.11. The second kappa shape index (κ2) is 5.97. The average Bonchev–Trinajstić information content (AvgIpc) is 2.97. The predicted octanol–water partition coefficient (Wildman–Crippen LogP) is 2.11. The smallest absolute Gasteiger partial charge is 0.215 e. The number of nitrogens with zero attached hydrogens (tertiary/aromatic N) is 4. The van der Waals surface area contributed by atoms with Crippen LogP contribution in [0, 0.1) is 5.95 Å². The Morgan fingerprint density at radius 3 is 2.74 bits per heavy atom. The summed E-state index contributed by atoms with van der Waals surface area (Å²) in [6.45, 7) is 7.72. The highest BCUT2D eigenvalue weighted by atomic mass is 19.1. The molecule has 0 atom stereocenters. The molecule has 0 bridgehead atoms. The van der Waals surface area contributed by atoms with Crippen molar-refractivity contribution in [3.63, 3.8) is 0 Å². The number of rotatable bonds is 6. The molecule has 6 heteroatoms. The largest absolute Gasteiger partial charge is 0.307 e. The van der Waals surface area contributed by atoms with Gasteiger partial charge in [0.25, 0.3) is 0 Å². The highest BCUT2D eigenvalue weighted by molar-refractivity contribution is 5.07. The first-order chi connectivity index (χ1) is 9.13. The van der Waals surface area contributed by atoms with Gasteiger partial charge < -0.3 is 5.32 Å². The Balaban J connectivity index is 1.93. The second-order valence-electron chi connectivity index (χ2n) is 4.74. The molecule has 0 aromatic carbocycles. The van der Waals surface area contributed by atoms with Crippen LogP contribution in [0.4, 0.5) is 4.39 Å². The van der Waals surface area contributed by atoms with Crippen molar-refractivity contribution in [1.82, 2.24) is 24.9 Å². The number of aromatic nitrogens is 4. The quantitative estimate of drug-likeness (QED) is 0.870. The van der Waals surface area contributed by atoms with Gasteiger partial charge in [0, 0.05) is 37.4 Å². The Hall–Kier alpha value is -1.69. The normalized spacial score (nSPS) is 11.4. The van der Waals surface area contributed by atoms with Crippen molar-refractivity contribution < 1.29 is 4.39 Å². The van der Waals surface area contributed by atoms with E-state index in [2.05, 4.69) is 29.4 Å². The van der Waals surface area contributed by atoms with E-state index in [1.165, 1.54) is 4.68 Å². The van der Waals surface area contributed by atoms with Crippen LogP contribution in [0.25, 0.3) is 0 Å². The first kappa shape index (κ1) is 13.7. The van der Waals surface area contributed by atoms with E-state index in [0.29, 0.717) is 31.2 Å². The second-order valence-corrected chi connectivity index (χ2v) is 4.74. The lowest BCUT2D eigenvalue weighted by atomic mass is 10.3. The van der Waals surface area contributed by atoms with Crippen LogP contribution < -0.4 is 5.32 Å². The van der Waals surface area contributed by atoms with Crippen molar-refractivity contribution in [2.45, 2.75) is 46.4 Å². The van der Waals surface area contributed by atoms with Gasteiger partial charge in [-0.1, -0.05) is 0 Å². The van der Waals surface area contributed by atoms with Crippen LogP contribution in [0.5, 0.6) is 0 Å². The van der Waals surface area contributed by atoms with Gasteiger partial charge in [0.2, 0.25) is 5.95 Å². The Bertz CT molecular complexity index is 529. The fourth-order valence-electron chi connectivity index (χ4n) is 2.02. The third-order valence-electron chi connectivity index (χ3n) is 3.01. The SMILES string of the molecule is CCn1ncc(CNCc2ccnn2C(C)C)c1F. The molecule has 0 aliphatic carbocycles. The fraction of sp³-hybridized carbons (Fsp3) is 0.538. The topological polar surface area (TPSA) is 47.7 Å². The van der Waals surface area contributed by atoms with Crippen molar-refractivity contribution in [3.8, 4) is 0 Å². The lowest BCUT2D eigenvalue weighted by Crippen LogP contribution is -2.18. The third-order valence-corrected chi connectivity index (χ3v) is 3.01. The summed E-state index contributed by atoms with van der Waals surface area (Å²) in [6.07, 6.45) is 3.36. The van der Waals surface area contributed by atoms with Gasteiger partial charge in [-0.05, 0) is 26.8 Å². The van der Waals surface area contributed by atoms with Gasteiger partial charge in [0.1, 0.15) is 0 Å². The molecule has 104 valence electrons. The van der Waals surface area contributed by atoms with Gasteiger partial charge in [0.05, 0.1) is 11.9 Å². The highest BCUT2D eigenvalue weighted by Gasteiger charge is 2.09. The molecule has 0 amide bonds. The predicted molar refractivity (Wildman–Crippen MR) is 71.0 cm³/mol. The molecule has 5 nitrogen and oxygen atoms in total. The van der Waals surface area contributed by atoms with E-state index < -0.39 is 0 Å². The molecule has 0 spiro atoms. The maximum Gasteiger partial charge on any atom is 0.215 e. The van der Waals surface area contributed by atoms with Crippen LogP contribution in [0.2, 0.25) is 0 Å². The van der Waals surface area contributed by atoms with Gasteiger partial charge in [0.15, 0.2) is 0 Å². The number of halogens is 1. The summed E-state index contributed by atoms with van der Waals surface area (Å²) in [5, 5.41) is 11.5. The minimum atomic E-state index is -0.257. The number of nitrogens with one attached hydrogen (secondary N) is 1. The van der Waals surface area contributed by atoms with Crippen molar-refractivity contribution in [3.05, 3.63) is 35.7 Å². The van der Waals surface area contributed by atoms with E-state index in [1.807, 2.05) is 17.7 Å². The molecule has 0 fully saturated rings. The summed E-state index contributed by atoms with van der Waals surface area (Å²) in [5.41, 5.74) is 1.69. The molecule has 2 heterocycles. The molecule has 1 N–H and O–H groups in total. The van der Waals surface area contributed by atoms with Crippen LogP contribution >= 0.6 is 0 Å². The van der Waals surface area contributed by atoms with Gasteiger partial charge >= 0.3 is 0 Å². The van der Waals surface area contributed by atoms with Crippen LogP contribution in [0.1, 0.15) is 38.1 Å². The Kier molecular flexibility index (Phi) is 4.31. The summed E-state index contributed by atoms with van der Waals surface area (Å²) in [4.78, 5) is 0. The first-order valence-corrected chi connectivity index (χ1v) is 6.56. The molecule has 0 saturated heterocycles. The third kappa shape index (κ3) is 3.01. The molecule has 0 saturated carbocycles. The van der Waals surface area contributed by atoms with E-state index in [1.54, 1.807) is 12.4 Å². The van der Waals surface area contributed by atoms with E-state index in [-0.39, 0.29) is 5.95 Å². The molecule has 19 heavy (non-hydrogen) atoms. The minimum Gasteiger partial charge on any atom is -0.307 e. The standard InChI is InChI=1S/C13H20FN5/c1-4-18-13(14)11(8-17-18)7-15-9-12-5-6-16-19(12)10(2)3/h5-6,8,10,15H,4,7,9H2,1-3H3. The highest BCUT2D eigenvalue weighted by Crippen LogP contribution is 2.09. The molecule has 0 radical (unpaired) electrons. The van der Waals surface area contributed by atoms with E-state index in [0.717, 1.165) is 5.69 Å². The molecule has 2 aromatic rings. The number of aryl methyl sites for hydroxylation is 1. The molecule has 0 aliphatic heterocycles. The lowest BCUT2D eigenvalue weighted by molar-refractivity contribution is 0.457. The fourth-order valence-corrected chi connectivity index (χ4v) is 2.02. The van der Waals surface area contributed by atoms with E-state index >= 15 is 0 Å². The van der Waals surface area contributed by atoms with Crippen LogP contribution in [-0.2, 0) is 19.6 Å². The van der Waals surface area contributed by atoms with Gasteiger partial charge in [-0.15, -0.1) is 0 Å². The Labute approximate surface area is 112 Å². The molecular weight excluding hydrogens is 245 g/mol. The van der Waals surface area contributed by atoms with Gasteiger partial charge in [-0.3, -0.25) is 4.68 Å². The Morgan fingerprint density at radius 1 is 1.32 bits per heavy atom. The summed E-state index contributed by atoms with van der Waals surface area (Å²) in [5.74, 6) is -0.257. The monoisotopic (exact) mass is 265 g/mol. The summed E-state index contributed by atoms with van der Waals surface area (Å²) in [6, 6.07) is 2.30. The maximum absolute atomic E-state index is 13.7. The Morgan fingerprint density at radius 2 is 2.11 bits per heavy atom. The van der Waals surface area contributed by atoms with Crippen molar-refractivity contribution in [2.24, 2.45) is 0 Å². The molecule has 0 aliphatic rings. The molecule has 2 rings (SSSR count). The summed E-state index contributed by atoms with van der Waals surface area (Å²) >= 11 is 0. The van der Waals surface area contributed by atoms with Gasteiger partial charge in [-0.2, -0.15) is 14.6 Å². The maximum atomic E-state index is 13.7. The van der Waals surface area contributed by atoms with Crippen LogP contribution in [0.15, 0.2) is 18.5 Å². The van der Waals surface area contributed by atoms with Crippen molar-refractivity contribution in [1.29, 1.82) is 0 Å². The van der Waals surface area contributed by atoms with Crippen LogP contribution in [-0.4, -0.2) is 19.6 Å². The molecule has 0 unspecified atom stereocenters. The van der Waals surface area contributed by atoms with E-state index in [9.17, 15) is 4.39 Å². The zero-order chi connectivity index (χ0) is 13.8. The molecule has 2 aromatic heterocycles. The summed E-state index contributed by atoms with van der Waals surface area (Å²) < 4.78 is 17.1. The number of hydrogen-bond acceptors (Lipinski definition) is 3. The van der Waals surface area contributed by atoms with Crippen molar-refractivity contribution in [2.75, 3.05) is 0 Å². The average molecular weight is 265 g/mol. The van der Waals surface area contributed by atoms with Crippen LogP contribution in [0.3, 0.4) is 0 Å². The van der Waals surface area contributed by atoms with Crippen molar-refractivity contribution >= 4 is 0 Å². The molecular formula is C13H20FN5. The first-order valence-electron chi connectivity index (χ1n) is 6.56. The number of hydrogen-bond donors (Lipinski definition) is 1. The van der Waals surface area contributed by atoms with E-state index in [4.69, 9.17) is 0 Å².